The number of rotatable bonds is 5. The van der Waals surface area contributed by atoms with Crippen LogP contribution in [0.15, 0.2) is 24.3 Å². The van der Waals surface area contributed by atoms with E-state index < -0.39 is 0 Å². The van der Waals surface area contributed by atoms with Gasteiger partial charge in [0.15, 0.2) is 0 Å². The third-order valence-corrected chi connectivity index (χ3v) is 4.08. The molecule has 1 aromatic rings. The first-order chi connectivity index (χ1) is 9.60. The summed E-state index contributed by atoms with van der Waals surface area (Å²) in [6.07, 6.45) is 2.44. The Morgan fingerprint density at radius 3 is 2.70 bits per heavy atom. The van der Waals surface area contributed by atoms with Crippen molar-refractivity contribution in [3.63, 3.8) is 0 Å². The van der Waals surface area contributed by atoms with Crippen LogP contribution in [0.25, 0.3) is 0 Å². The number of hydrogen-bond donors (Lipinski definition) is 2. The van der Waals surface area contributed by atoms with E-state index in [2.05, 4.69) is 5.32 Å². The number of nitrogens with one attached hydrogen (secondary N) is 1. The van der Waals surface area contributed by atoms with Crippen molar-refractivity contribution in [3.8, 4) is 0 Å². The van der Waals surface area contributed by atoms with E-state index >= 15 is 0 Å². The maximum Gasteiger partial charge on any atom is 0.223 e. The van der Waals surface area contributed by atoms with E-state index in [4.69, 9.17) is 22.1 Å². The summed E-state index contributed by atoms with van der Waals surface area (Å²) in [4.78, 5) is 12.1. The normalized spacial score (nSPS) is 23.6. The summed E-state index contributed by atoms with van der Waals surface area (Å²) in [5.41, 5.74) is 6.83. The second-order valence-corrected chi connectivity index (χ2v) is 5.73. The van der Waals surface area contributed by atoms with Crippen molar-refractivity contribution in [1.29, 1.82) is 0 Å². The Labute approximate surface area is 124 Å². The first-order valence-electron chi connectivity index (χ1n) is 6.91. The van der Waals surface area contributed by atoms with Gasteiger partial charge in [0.1, 0.15) is 0 Å². The first kappa shape index (κ1) is 15.3. The minimum Gasteiger partial charge on any atom is -0.375 e. The molecular weight excluding hydrogens is 276 g/mol. The molecule has 1 aliphatic rings. The van der Waals surface area contributed by atoms with Gasteiger partial charge in [0.25, 0.3) is 0 Å². The van der Waals surface area contributed by atoms with E-state index in [0.717, 1.165) is 24.8 Å². The van der Waals surface area contributed by atoms with Gasteiger partial charge < -0.3 is 15.8 Å². The standard InChI is InChI=1S/C15H21ClN2O2/c1-20-14(10-2-5-12(16)6-3-10)9-18-15(19)11-4-7-13(17)8-11/h2-3,5-6,11,13-14H,4,7-9,17H2,1H3,(H,18,19). The van der Waals surface area contributed by atoms with Crippen molar-refractivity contribution < 1.29 is 9.53 Å². The molecule has 0 aromatic heterocycles. The summed E-state index contributed by atoms with van der Waals surface area (Å²) in [5.74, 6) is 0.127. The molecule has 1 saturated carbocycles. The van der Waals surface area contributed by atoms with Gasteiger partial charge in [-0.15, -0.1) is 0 Å². The van der Waals surface area contributed by atoms with Crippen molar-refractivity contribution >= 4 is 17.5 Å². The van der Waals surface area contributed by atoms with E-state index in [9.17, 15) is 4.79 Å². The fourth-order valence-corrected chi connectivity index (χ4v) is 2.73. The molecule has 1 aromatic carbocycles. The fraction of sp³-hybridized carbons (Fsp3) is 0.533. The highest BCUT2D eigenvalue weighted by Gasteiger charge is 2.28. The summed E-state index contributed by atoms with van der Waals surface area (Å²) >= 11 is 5.86. The van der Waals surface area contributed by atoms with Crippen LogP contribution in [0.2, 0.25) is 5.02 Å². The third kappa shape index (κ3) is 3.95. The van der Waals surface area contributed by atoms with E-state index in [1.807, 2.05) is 24.3 Å². The predicted molar refractivity (Wildman–Crippen MR) is 79.5 cm³/mol. The van der Waals surface area contributed by atoms with Gasteiger partial charge in [-0.25, -0.2) is 0 Å². The molecule has 5 heteroatoms. The molecule has 1 fully saturated rings. The number of hydrogen-bond acceptors (Lipinski definition) is 3. The van der Waals surface area contributed by atoms with Gasteiger partial charge in [0.05, 0.1) is 6.10 Å². The van der Waals surface area contributed by atoms with E-state index in [1.54, 1.807) is 7.11 Å². The number of ether oxygens (including phenoxy) is 1. The highest BCUT2D eigenvalue weighted by molar-refractivity contribution is 6.30. The molecule has 20 heavy (non-hydrogen) atoms. The lowest BCUT2D eigenvalue weighted by Gasteiger charge is -2.18. The van der Waals surface area contributed by atoms with Crippen molar-refractivity contribution in [3.05, 3.63) is 34.9 Å². The highest BCUT2D eigenvalue weighted by Crippen LogP contribution is 2.24. The lowest BCUT2D eigenvalue weighted by molar-refractivity contribution is -0.125. The van der Waals surface area contributed by atoms with Crippen LogP contribution in [0.4, 0.5) is 0 Å². The summed E-state index contributed by atoms with van der Waals surface area (Å²) in [5, 5.41) is 3.64. The van der Waals surface area contributed by atoms with E-state index in [0.29, 0.717) is 11.6 Å². The lowest BCUT2D eigenvalue weighted by atomic mass is 10.1. The van der Waals surface area contributed by atoms with Crippen molar-refractivity contribution in [2.45, 2.75) is 31.4 Å². The minimum atomic E-state index is -0.161. The van der Waals surface area contributed by atoms with Gasteiger partial charge in [-0.3, -0.25) is 4.79 Å². The molecule has 3 unspecified atom stereocenters. The third-order valence-electron chi connectivity index (χ3n) is 3.83. The van der Waals surface area contributed by atoms with Crippen molar-refractivity contribution in [2.24, 2.45) is 11.7 Å². The topological polar surface area (TPSA) is 64.3 Å². The predicted octanol–water partition coefficient (Wildman–Crippen LogP) is 2.27. The molecule has 3 N–H and O–H groups in total. The molecule has 110 valence electrons. The zero-order valence-corrected chi connectivity index (χ0v) is 12.4. The summed E-state index contributed by atoms with van der Waals surface area (Å²) in [7, 11) is 1.64. The Bertz CT molecular complexity index is 450. The van der Waals surface area contributed by atoms with Gasteiger partial charge in [-0.2, -0.15) is 0 Å². The first-order valence-corrected chi connectivity index (χ1v) is 7.29. The SMILES string of the molecule is COC(CNC(=O)C1CCC(N)C1)c1ccc(Cl)cc1. The van der Waals surface area contributed by atoms with Gasteiger partial charge in [0.2, 0.25) is 5.91 Å². The second-order valence-electron chi connectivity index (χ2n) is 5.29. The van der Waals surface area contributed by atoms with Gasteiger partial charge in [-0.05, 0) is 37.0 Å². The molecule has 2 rings (SSSR count). The van der Waals surface area contributed by atoms with Gasteiger partial charge in [-0.1, -0.05) is 23.7 Å². The van der Waals surface area contributed by atoms with Crippen LogP contribution in [0.5, 0.6) is 0 Å². The van der Waals surface area contributed by atoms with E-state index in [-0.39, 0.29) is 24.0 Å². The van der Waals surface area contributed by atoms with Crippen LogP contribution in [0.3, 0.4) is 0 Å². The average molecular weight is 297 g/mol. The summed E-state index contributed by atoms with van der Waals surface area (Å²) in [6.45, 7) is 0.461. The van der Waals surface area contributed by atoms with Crippen molar-refractivity contribution in [2.75, 3.05) is 13.7 Å². The maximum absolute atomic E-state index is 12.1. The Hall–Kier alpha value is -1.10. The molecule has 0 saturated heterocycles. The Morgan fingerprint density at radius 2 is 2.15 bits per heavy atom. The van der Waals surface area contributed by atoms with Gasteiger partial charge >= 0.3 is 0 Å². The zero-order chi connectivity index (χ0) is 14.5. The number of carbonyl (C=O) groups excluding carboxylic acids is 1. The molecule has 0 spiro atoms. The summed E-state index contributed by atoms with van der Waals surface area (Å²) in [6, 6.07) is 7.63. The maximum atomic E-state index is 12.1. The largest absolute Gasteiger partial charge is 0.375 e. The molecule has 0 bridgehead atoms. The quantitative estimate of drug-likeness (QED) is 0.876. The molecule has 1 aliphatic carbocycles. The summed E-state index contributed by atoms with van der Waals surface area (Å²) < 4.78 is 5.43. The molecule has 4 nitrogen and oxygen atoms in total. The van der Waals surface area contributed by atoms with Crippen LogP contribution >= 0.6 is 11.6 Å². The molecule has 3 atom stereocenters. The number of amides is 1. The zero-order valence-electron chi connectivity index (χ0n) is 11.6. The fourth-order valence-electron chi connectivity index (χ4n) is 2.61. The lowest BCUT2D eigenvalue weighted by Crippen LogP contribution is -2.34. The monoisotopic (exact) mass is 296 g/mol. The molecule has 0 radical (unpaired) electrons. The smallest absolute Gasteiger partial charge is 0.223 e. The Balaban J connectivity index is 1.87. The average Bonchev–Trinajstić information content (AvgIpc) is 2.88. The molecule has 0 heterocycles. The number of benzene rings is 1. The number of carbonyl (C=O) groups is 1. The highest BCUT2D eigenvalue weighted by atomic mass is 35.5. The molecule has 1 amide bonds. The van der Waals surface area contributed by atoms with Crippen molar-refractivity contribution in [1.82, 2.24) is 5.32 Å². The molecule has 0 aliphatic heterocycles. The number of methoxy groups -OCH3 is 1. The number of halogens is 1. The van der Waals surface area contributed by atoms with Crippen LogP contribution in [0, 0.1) is 5.92 Å². The van der Waals surface area contributed by atoms with E-state index in [1.165, 1.54) is 0 Å². The van der Waals surface area contributed by atoms with Crippen LogP contribution in [-0.4, -0.2) is 25.6 Å². The Kier molecular flexibility index (Phi) is 5.40. The van der Waals surface area contributed by atoms with Crippen LogP contribution < -0.4 is 11.1 Å². The van der Waals surface area contributed by atoms with Crippen LogP contribution in [0.1, 0.15) is 30.9 Å². The van der Waals surface area contributed by atoms with Crippen LogP contribution in [-0.2, 0) is 9.53 Å². The molecular formula is C15H21ClN2O2. The second kappa shape index (κ2) is 7.07. The minimum absolute atomic E-state index is 0.0488. The Morgan fingerprint density at radius 1 is 1.45 bits per heavy atom. The van der Waals surface area contributed by atoms with Gasteiger partial charge in [0, 0.05) is 30.6 Å². The number of nitrogens with two attached hydrogens (primary N) is 1.